The minimum atomic E-state index is -0.679. The van der Waals surface area contributed by atoms with Crippen molar-refractivity contribution in [2.45, 2.75) is 50.9 Å². The molecule has 0 aromatic heterocycles. The molecule has 1 aromatic rings. The summed E-state index contributed by atoms with van der Waals surface area (Å²) in [6.45, 7) is 5.13. The molecule has 1 aromatic carbocycles. The second-order valence-electron chi connectivity index (χ2n) is 6.16. The molecule has 1 aliphatic rings. The summed E-state index contributed by atoms with van der Waals surface area (Å²) < 4.78 is 0. The van der Waals surface area contributed by atoms with Gasteiger partial charge in [0, 0.05) is 0 Å². The second-order valence-corrected chi connectivity index (χ2v) is 6.16. The normalized spacial score (nSPS) is 18.5. The molecule has 0 bridgehead atoms. The number of carbonyl (C=O) groups is 1. The van der Waals surface area contributed by atoms with Crippen LogP contribution in [0.2, 0.25) is 0 Å². The summed E-state index contributed by atoms with van der Waals surface area (Å²) in [7, 11) is 0. The maximum atomic E-state index is 11.9. The van der Waals surface area contributed by atoms with Crippen molar-refractivity contribution in [3.8, 4) is 0 Å². The van der Waals surface area contributed by atoms with Gasteiger partial charge in [-0.3, -0.25) is 4.79 Å². The third-order valence-corrected chi connectivity index (χ3v) is 4.77. The van der Waals surface area contributed by atoms with E-state index in [9.17, 15) is 9.90 Å². The summed E-state index contributed by atoms with van der Waals surface area (Å²) in [5.74, 6) is -0.667. The third kappa shape index (κ3) is 3.85. The molecule has 3 heteroatoms. The lowest BCUT2D eigenvalue weighted by Crippen LogP contribution is -2.47. The molecule has 116 valence electrons. The van der Waals surface area contributed by atoms with Gasteiger partial charge in [-0.2, -0.15) is 0 Å². The van der Waals surface area contributed by atoms with Crippen LogP contribution in [0.3, 0.4) is 0 Å². The molecule has 0 amide bonds. The van der Waals surface area contributed by atoms with Crippen molar-refractivity contribution >= 4 is 5.97 Å². The molecule has 3 nitrogen and oxygen atoms in total. The summed E-state index contributed by atoms with van der Waals surface area (Å²) in [5, 5.41) is 9.76. The molecule has 0 atom stereocenters. The van der Waals surface area contributed by atoms with Crippen LogP contribution in [0.1, 0.15) is 51.0 Å². The summed E-state index contributed by atoms with van der Waals surface area (Å²) >= 11 is 0. The Balaban J connectivity index is 1.94. The number of benzene rings is 1. The molecule has 0 spiro atoms. The molecule has 1 N–H and O–H groups in total. The van der Waals surface area contributed by atoms with Gasteiger partial charge in [-0.15, -0.1) is 0 Å². The van der Waals surface area contributed by atoms with E-state index in [2.05, 4.69) is 11.8 Å². The molecule has 1 aliphatic heterocycles. The fourth-order valence-corrected chi connectivity index (χ4v) is 3.30. The molecule has 0 radical (unpaired) electrons. The number of nitrogens with zero attached hydrogens (tertiary/aromatic N) is 1. The Morgan fingerprint density at radius 3 is 2.38 bits per heavy atom. The van der Waals surface area contributed by atoms with Crippen molar-refractivity contribution in [3.05, 3.63) is 35.9 Å². The number of rotatable bonds is 7. The predicted molar refractivity (Wildman–Crippen MR) is 85.6 cm³/mol. The molecular weight excluding hydrogens is 262 g/mol. The Kier molecular flexibility index (Phi) is 5.80. The van der Waals surface area contributed by atoms with Gasteiger partial charge in [-0.05, 0) is 44.5 Å². The molecule has 0 saturated carbocycles. The predicted octanol–water partition coefficient (Wildman–Crippen LogP) is 3.69. The molecule has 1 fully saturated rings. The van der Waals surface area contributed by atoms with Gasteiger partial charge in [0.2, 0.25) is 0 Å². The van der Waals surface area contributed by atoms with Crippen LogP contribution in [0.15, 0.2) is 30.3 Å². The number of unbranched alkanes of at least 4 members (excludes halogenated alkanes) is 3. The molecule has 21 heavy (non-hydrogen) atoms. The van der Waals surface area contributed by atoms with Gasteiger partial charge in [0.05, 0.1) is 5.41 Å². The number of piperidine rings is 1. The lowest BCUT2D eigenvalue weighted by atomic mass is 9.73. The maximum Gasteiger partial charge on any atom is 0.314 e. The van der Waals surface area contributed by atoms with E-state index in [0.717, 1.165) is 38.0 Å². The van der Waals surface area contributed by atoms with Gasteiger partial charge >= 0.3 is 5.97 Å². The van der Waals surface area contributed by atoms with Crippen molar-refractivity contribution in [2.75, 3.05) is 19.6 Å². The first-order chi connectivity index (χ1) is 10.2. The van der Waals surface area contributed by atoms with Crippen LogP contribution in [-0.2, 0) is 10.2 Å². The zero-order valence-electron chi connectivity index (χ0n) is 13.1. The van der Waals surface area contributed by atoms with E-state index in [-0.39, 0.29) is 0 Å². The van der Waals surface area contributed by atoms with E-state index in [1.54, 1.807) is 0 Å². The highest BCUT2D eigenvalue weighted by Gasteiger charge is 2.42. The number of carboxylic acids is 1. The third-order valence-electron chi connectivity index (χ3n) is 4.77. The Bertz CT molecular complexity index is 436. The number of hydrogen-bond acceptors (Lipinski definition) is 2. The first-order valence-electron chi connectivity index (χ1n) is 8.20. The summed E-state index contributed by atoms with van der Waals surface area (Å²) in [6, 6.07) is 9.76. The van der Waals surface area contributed by atoms with E-state index in [0.29, 0.717) is 0 Å². The summed E-state index contributed by atoms with van der Waals surface area (Å²) in [5.41, 5.74) is 0.282. The molecule has 0 unspecified atom stereocenters. The monoisotopic (exact) mass is 289 g/mol. The highest BCUT2D eigenvalue weighted by atomic mass is 16.4. The number of likely N-dealkylation sites (tertiary alicyclic amines) is 1. The molecule has 2 rings (SSSR count). The summed E-state index contributed by atoms with van der Waals surface area (Å²) in [4.78, 5) is 14.3. The van der Waals surface area contributed by atoms with Crippen LogP contribution in [0.5, 0.6) is 0 Å². The van der Waals surface area contributed by atoms with Gasteiger partial charge < -0.3 is 10.0 Å². The van der Waals surface area contributed by atoms with Crippen molar-refractivity contribution in [3.63, 3.8) is 0 Å². The molecule has 1 heterocycles. The number of carboxylic acid groups (broad SMARTS) is 1. The standard InChI is InChI=1S/C18H27NO2/c1-2-3-4-8-13-19-14-11-18(12-15-19,17(20)21)16-9-6-5-7-10-16/h5-7,9-10H,2-4,8,11-15H2,1H3,(H,20,21). The van der Waals surface area contributed by atoms with Crippen molar-refractivity contribution in [2.24, 2.45) is 0 Å². The van der Waals surface area contributed by atoms with Crippen LogP contribution < -0.4 is 0 Å². The minimum absolute atomic E-state index is 0.667. The summed E-state index contributed by atoms with van der Waals surface area (Å²) in [6.07, 6.45) is 6.53. The van der Waals surface area contributed by atoms with Crippen LogP contribution in [-0.4, -0.2) is 35.6 Å². The second kappa shape index (κ2) is 7.60. The largest absolute Gasteiger partial charge is 0.481 e. The first kappa shape index (κ1) is 16.0. The number of hydrogen-bond donors (Lipinski definition) is 1. The van der Waals surface area contributed by atoms with Crippen molar-refractivity contribution < 1.29 is 9.90 Å². The first-order valence-corrected chi connectivity index (χ1v) is 8.20. The van der Waals surface area contributed by atoms with Gasteiger partial charge in [-0.1, -0.05) is 56.5 Å². The average Bonchev–Trinajstić information content (AvgIpc) is 2.53. The topological polar surface area (TPSA) is 40.5 Å². The lowest BCUT2D eigenvalue weighted by molar-refractivity contribution is -0.146. The highest BCUT2D eigenvalue weighted by molar-refractivity contribution is 5.81. The Labute approximate surface area is 128 Å². The van der Waals surface area contributed by atoms with Crippen molar-refractivity contribution in [1.82, 2.24) is 4.90 Å². The van der Waals surface area contributed by atoms with E-state index >= 15 is 0 Å². The van der Waals surface area contributed by atoms with E-state index in [1.807, 2.05) is 30.3 Å². The van der Waals surface area contributed by atoms with E-state index in [4.69, 9.17) is 0 Å². The van der Waals surface area contributed by atoms with E-state index < -0.39 is 11.4 Å². The van der Waals surface area contributed by atoms with Crippen LogP contribution in [0.4, 0.5) is 0 Å². The van der Waals surface area contributed by atoms with Gasteiger partial charge in [0.25, 0.3) is 0 Å². The minimum Gasteiger partial charge on any atom is -0.481 e. The highest BCUT2D eigenvalue weighted by Crippen LogP contribution is 2.35. The SMILES string of the molecule is CCCCCCN1CCC(C(=O)O)(c2ccccc2)CC1. The van der Waals surface area contributed by atoms with Gasteiger partial charge in [-0.25, -0.2) is 0 Å². The van der Waals surface area contributed by atoms with Gasteiger partial charge in [0.15, 0.2) is 0 Å². The van der Waals surface area contributed by atoms with Crippen LogP contribution in [0, 0.1) is 0 Å². The fraction of sp³-hybridized carbons (Fsp3) is 0.611. The van der Waals surface area contributed by atoms with Gasteiger partial charge in [0.1, 0.15) is 0 Å². The Morgan fingerprint density at radius 2 is 1.81 bits per heavy atom. The molecular formula is C18H27NO2. The van der Waals surface area contributed by atoms with Crippen molar-refractivity contribution in [1.29, 1.82) is 0 Å². The fourth-order valence-electron chi connectivity index (χ4n) is 3.30. The van der Waals surface area contributed by atoms with Crippen LogP contribution in [0.25, 0.3) is 0 Å². The Morgan fingerprint density at radius 1 is 1.14 bits per heavy atom. The van der Waals surface area contributed by atoms with Crippen LogP contribution >= 0.6 is 0 Å². The maximum absolute atomic E-state index is 11.9. The zero-order chi connectivity index (χ0) is 15.1. The average molecular weight is 289 g/mol. The quantitative estimate of drug-likeness (QED) is 0.778. The van der Waals surface area contributed by atoms with E-state index in [1.165, 1.54) is 25.7 Å². The molecule has 0 aliphatic carbocycles. The number of aliphatic carboxylic acids is 1. The zero-order valence-corrected chi connectivity index (χ0v) is 13.1. The lowest BCUT2D eigenvalue weighted by Gasteiger charge is -2.39. The molecule has 1 saturated heterocycles. The Hall–Kier alpha value is -1.35. The smallest absolute Gasteiger partial charge is 0.314 e.